The maximum Gasteiger partial charge on any atom is 0.138 e. The monoisotopic (exact) mass is 379 g/mol. The number of halogens is 1. The third-order valence-electron chi connectivity index (χ3n) is 4.24. The van der Waals surface area contributed by atoms with Gasteiger partial charge in [-0.1, -0.05) is 58.4 Å². The number of benzene rings is 2. The number of rotatable bonds is 3. The van der Waals surface area contributed by atoms with Crippen LogP contribution in [0, 0.1) is 0 Å². The Balaban J connectivity index is 1.59. The summed E-state index contributed by atoms with van der Waals surface area (Å²) in [5.41, 5.74) is 5.89. The van der Waals surface area contributed by atoms with E-state index in [-0.39, 0.29) is 0 Å². The molecule has 0 fully saturated rings. The first-order chi connectivity index (χ1) is 11.7. The van der Waals surface area contributed by atoms with Crippen molar-refractivity contribution >= 4 is 21.5 Å². The van der Waals surface area contributed by atoms with E-state index in [1.54, 1.807) is 0 Å². The van der Waals surface area contributed by atoms with Crippen LogP contribution in [-0.4, -0.2) is 14.9 Å². The fourth-order valence-corrected chi connectivity index (χ4v) is 3.36. The molecule has 0 radical (unpaired) electrons. The summed E-state index contributed by atoms with van der Waals surface area (Å²) in [5, 5.41) is 0. The van der Waals surface area contributed by atoms with E-state index in [1.165, 1.54) is 16.8 Å². The minimum atomic E-state index is 0.850. The molecular formula is C20H18BrN3. The number of nitrogens with one attached hydrogen (secondary N) is 1. The average molecular weight is 380 g/mol. The van der Waals surface area contributed by atoms with Gasteiger partial charge in [-0.25, -0.2) is 4.98 Å². The molecule has 0 amide bonds. The molecule has 1 N–H and O–H groups in total. The quantitative estimate of drug-likeness (QED) is 0.676. The van der Waals surface area contributed by atoms with Crippen molar-refractivity contribution in [2.24, 2.45) is 0 Å². The predicted octanol–water partition coefficient (Wildman–Crippen LogP) is 5.22. The zero-order valence-electron chi connectivity index (χ0n) is 13.5. The summed E-state index contributed by atoms with van der Waals surface area (Å²) in [5.74, 6) is 0.943. The van der Waals surface area contributed by atoms with Gasteiger partial charge >= 0.3 is 0 Å². The molecule has 0 unspecified atom stereocenters. The van der Waals surface area contributed by atoms with Crippen LogP contribution in [-0.2, 0) is 13.1 Å². The van der Waals surface area contributed by atoms with Gasteiger partial charge in [-0.2, -0.15) is 0 Å². The Morgan fingerprint density at radius 1 is 1.08 bits per heavy atom. The van der Waals surface area contributed by atoms with Crippen LogP contribution in [0.15, 0.2) is 65.3 Å². The lowest BCUT2D eigenvalue weighted by atomic mass is 10.1. The average Bonchev–Trinajstić information content (AvgIpc) is 3.03. The molecule has 1 aliphatic heterocycles. The van der Waals surface area contributed by atoms with Gasteiger partial charge < -0.3 is 9.88 Å². The Morgan fingerprint density at radius 2 is 1.83 bits per heavy atom. The first-order valence-corrected chi connectivity index (χ1v) is 8.80. The van der Waals surface area contributed by atoms with Crippen molar-refractivity contribution in [2.45, 2.75) is 20.0 Å². The van der Waals surface area contributed by atoms with E-state index < -0.39 is 0 Å². The largest absolute Gasteiger partial charge is 0.367 e. The smallest absolute Gasteiger partial charge is 0.138 e. The highest BCUT2D eigenvalue weighted by atomic mass is 79.9. The van der Waals surface area contributed by atoms with E-state index in [2.05, 4.69) is 75.3 Å². The summed E-state index contributed by atoms with van der Waals surface area (Å²) in [6.45, 7) is 3.87. The number of aromatic nitrogens is 2. The number of H-pyrrole nitrogens is 1. The van der Waals surface area contributed by atoms with Crippen molar-refractivity contribution in [3.63, 3.8) is 0 Å². The topological polar surface area (TPSA) is 31.9 Å². The fourth-order valence-electron chi connectivity index (χ4n) is 3.09. The second kappa shape index (κ2) is 6.29. The molecule has 24 heavy (non-hydrogen) atoms. The van der Waals surface area contributed by atoms with Crippen LogP contribution < -0.4 is 0 Å². The first-order valence-electron chi connectivity index (χ1n) is 8.00. The van der Waals surface area contributed by atoms with Crippen LogP contribution in [0.4, 0.5) is 0 Å². The van der Waals surface area contributed by atoms with E-state index in [4.69, 9.17) is 4.98 Å². The van der Waals surface area contributed by atoms with Crippen LogP contribution in [0.2, 0.25) is 0 Å². The standard InChI is InChI=1S/C20H18BrN3/c1-14-11-24(12-15-7-9-17(21)10-8-15)13-18-19(14)23-20(22-18)16-5-3-2-4-6-16/h2-11H,12-13H2,1H3,(H,22,23). The minimum absolute atomic E-state index is 0.850. The van der Waals surface area contributed by atoms with Crippen molar-refractivity contribution in [1.82, 2.24) is 14.9 Å². The number of hydrogen-bond donors (Lipinski definition) is 1. The SMILES string of the molecule is CC1=CN(Cc2ccc(Br)cc2)Cc2[nH]c(-c3ccccc3)nc21. The summed E-state index contributed by atoms with van der Waals surface area (Å²) in [6, 6.07) is 18.8. The van der Waals surface area contributed by atoms with E-state index in [0.29, 0.717) is 0 Å². The van der Waals surface area contributed by atoms with Crippen LogP contribution in [0.3, 0.4) is 0 Å². The summed E-state index contributed by atoms with van der Waals surface area (Å²) in [6.07, 6.45) is 2.21. The van der Waals surface area contributed by atoms with Crippen molar-refractivity contribution in [2.75, 3.05) is 0 Å². The molecule has 1 aliphatic rings. The van der Waals surface area contributed by atoms with Gasteiger partial charge in [0.2, 0.25) is 0 Å². The molecule has 4 heteroatoms. The van der Waals surface area contributed by atoms with E-state index in [9.17, 15) is 0 Å². The number of aromatic amines is 1. The highest BCUT2D eigenvalue weighted by molar-refractivity contribution is 9.10. The lowest BCUT2D eigenvalue weighted by molar-refractivity contribution is 0.353. The Bertz CT molecular complexity index is 879. The van der Waals surface area contributed by atoms with Gasteiger partial charge in [-0.15, -0.1) is 0 Å². The van der Waals surface area contributed by atoms with Crippen molar-refractivity contribution in [3.05, 3.63) is 82.2 Å². The molecule has 0 saturated heterocycles. The van der Waals surface area contributed by atoms with Gasteiger partial charge in [-0.05, 0) is 30.2 Å². The Morgan fingerprint density at radius 3 is 2.58 bits per heavy atom. The highest BCUT2D eigenvalue weighted by Crippen LogP contribution is 2.28. The lowest BCUT2D eigenvalue weighted by Crippen LogP contribution is -2.21. The Kier molecular flexibility index (Phi) is 3.98. The van der Waals surface area contributed by atoms with Crippen LogP contribution in [0.1, 0.15) is 23.9 Å². The van der Waals surface area contributed by atoms with Gasteiger partial charge in [0.1, 0.15) is 5.82 Å². The number of hydrogen-bond acceptors (Lipinski definition) is 2. The van der Waals surface area contributed by atoms with E-state index >= 15 is 0 Å². The molecule has 0 aliphatic carbocycles. The van der Waals surface area contributed by atoms with Gasteiger partial charge in [-0.3, -0.25) is 0 Å². The molecule has 0 bridgehead atoms. The van der Waals surface area contributed by atoms with Gasteiger partial charge in [0.05, 0.1) is 17.9 Å². The minimum Gasteiger partial charge on any atom is -0.367 e. The molecule has 3 aromatic rings. The molecule has 1 aromatic heterocycles. The fraction of sp³-hybridized carbons (Fsp3) is 0.150. The third-order valence-corrected chi connectivity index (χ3v) is 4.76. The Labute approximate surface area is 150 Å². The molecule has 0 spiro atoms. The molecule has 2 aromatic carbocycles. The number of imidazole rings is 1. The van der Waals surface area contributed by atoms with Crippen molar-refractivity contribution < 1.29 is 0 Å². The number of nitrogens with zero attached hydrogens (tertiary/aromatic N) is 2. The number of fused-ring (bicyclic) bond motifs is 1. The molecule has 2 heterocycles. The second-order valence-electron chi connectivity index (χ2n) is 6.12. The van der Waals surface area contributed by atoms with E-state index in [1.807, 2.05) is 18.2 Å². The molecule has 0 saturated carbocycles. The molecule has 120 valence electrons. The third kappa shape index (κ3) is 3.02. The summed E-state index contributed by atoms with van der Waals surface area (Å²) >= 11 is 3.49. The van der Waals surface area contributed by atoms with Crippen molar-refractivity contribution in [3.8, 4) is 11.4 Å². The van der Waals surface area contributed by atoms with Crippen LogP contribution >= 0.6 is 15.9 Å². The van der Waals surface area contributed by atoms with E-state index in [0.717, 1.165) is 34.6 Å². The maximum atomic E-state index is 4.80. The predicted molar refractivity (Wildman–Crippen MR) is 101 cm³/mol. The van der Waals surface area contributed by atoms with Gasteiger partial charge in [0, 0.05) is 22.8 Å². The normalized spacial score (nSPS) is 13.6. The zero-order chi connectivity index (χ0) is 16.5. The highest BCUT2D eigenvalue weighted by Gasteiger charge is 2.20. The molecule has 4 rings (SSSR count). The summed E-state index contributed by atoms with van der Waals surface area (Å²) in [4.78, 5) is 10.6. The summed E-state index contributed by atoms with van der Waals surface area (Å²) < 4.78 is 1.11. The first kappa shape index (κ1) is 15.2. The maximum absolute atomic E-state index is 4.80. The molecule has 3 nitrogen and oxygen atoms in total. The van der Waals surface area contributed by atoms with Gasteiger partial charge in [0.15, 0.2) is 0 Å². The second-order valence-corrected chi connectivity index (χ2v) is 7.04. The van der Waals surface area contributed by atoms with Crippen LogP contribution in [0.25, 0.3) is 17.0 Å². The van der Waals surface area contributed by atoms with Crippen molar-refractivity contribution in [1.29, 1.82) is 0 Å². The van der Waals surface area contributed by atoms with Gasteiger partial charge in [0.25, 0.3) is 0 Å². The molecular weight excluding hydrogens is 362 g/mol. The zero-order valence-corrected chi connectivity index (χ0v) is 15.0. The number of allylic oxidation sites excluding steroid dienone is 1. The Hall–Kier alpha value is -2.33. The molecule has 0 atom stereocenters. The lowest BCUT2D eigenvalue weighted by Gasteiger charge is -2.25. The summed E-state index contributed by atoms with van der Waals surface area (Å²) in [7, 11) is 0. The van der Waals surface area contributed by atoms with Crippen LogP contribution in [0.5, 0.6) is 0 Å².